The van der Waals surface area contributed by atoms with Crippen LogP contribution in [0.3, 0.4) is 0 Å². The molecule has 3 aliphatic heterocycles. The Hall–Kier alpha value is -3.00. The van der Waals surface area contributed by atoms with Crippen molar-refractivity contribution in [2.75, 3.05) is 31.5 Å². The van der Waals surface area contributed by atoms with Gasteiger partial charge in [-0.25, -0.2) is 4.79 Å². The zero-order valence-corrected chi connectivity index (χ0v) is 25.3. The van der Waals surface area contributed by atoms with Crippen LogP contribution >= 0.6 is 11.8 Å². The molecule has 4 aliphatic rings. The number of nitrogens with one attached hydrogen (secondary N) is 1. The molecule has 2 fully saturated rings. The Bertz CT molecular complexity index is 1330. The number of carbonyl (C=O) groups excluding carboxylic acids is 3. The predicted molar refractivity (Wildman–Crippen MR) is 164 cm³/mol. The van der Waals surface area contributed by atoms with Crippen LogP contribution < -0.4 is 5.32 Å². The fraction of sp³-hybridized carbons (Fsp3) is 0.545. The van der Waals surface area contributed by atoms with E-state index in [2.05, 4.69) is 61.3 Å². The van der Waals surface area contributed by atoms with Crippen molar-refractivity contribution in [1.29, 1.82) is 0 Å². The number of anilines is 1. The molecule has 2 atom stereocenters. The second kappa shape index (κ2) is 11.0. The lowest BCUT2D eigenvalue weighted by Gasteiger charge is -2.38. The Morgan fingerprint density at radius 2 is 1.68 bits per heavy atom. The van der Waals surface area contributed by atoms with Gasteiger partial charge in [0.15, 0.2) is 0 Å². The van der Waals surface area contributed by atoms with Crippen molar-refractivity contribution in [1.82, 2.24) is 14.7 Å². The minimum Gasteiger partial charge on any atom is -0.342 e. The number of hydrogen-bond acceptors (Lipinski definition) is 4. The van der Waals surface area contributed by atoms with Gasteiger partial charge in [0.25, 0.3) is 0 Å². The Morgan fingerprint density at radius 3 is 2.44 bits per heavy atom. The fourth-order valence-electron chi connectivity index (χ4n) is 6.98. The van der Waals surface area contributed by atoms with E-state index in [1.54, 1.807) is 11.8 Å². The molecule has 8 heteroatoms. The Morgan fingerprint density at radius 1 is 0.976 bits per heavy atom. The van der Waals surface area contributed by atoms with Crippen molar-refractivity contribution < 1.29 is 14.4 Å². The summed E-state index contributed by atoms with van der Waals surface area (Å²) in [6, 6.07) is 16.6. The molecule has 2 aromatic carbocycles. The van der Waals surface area contributed by atoms with Crippen molar-refractivity contribution in [2.45, 2.75) is 81.9 Å². The van der Waals surface area contributed by atoms with Gasteiger partial charge in [-0.3, -0.25) is 9.59 Å². The maximum atomic E-state index is 13.9. The van der Waals surface area contributed by atoms with E-state index < -0.39 is 0 Å². The van der Waals surface area contributed by atoms with E-state index in [9.17, 15) is 14.4 Å². The van der Waals surface area contributed by atoms with Crippen molar-refractivity contribution in [3.8, 4) is 0 Å². The summed E-state index contributed by atoms with van der Waals surface area (Å²) in [6.45, 7) is 9.28. The first-order valence-corrected chi connectivity index (χ1v) is 16.0. The first-order valence-electron chi connectivity index (χ1n) is 15.2. The number of carbonyl (C=O) groups is 3. The van der Waals surface area contributed by atoms with E-state index in [1.807, 2.05) is 28.0 Å². The van der Waals surface area contributed by atoms with Gasteiger partial charge in [0.05, 0.1) is 5.25 Å². The Balaban J connectivity index is 1.10. The lowest BCUT2D eigenvalue weighted by molar-refractivity contribution is -0.138. The number of rotatable bonds is 5. The highest BCUT2D eigenvalue weighted by molar-refractivity contribution is 8.02. The molecule has 2 unspecified atom stereocenters. The van der Waals surface area contributed by atoms with Crippen LogP contribution in [-0.4, -0.2) is 70.0 Å². The summed E-state index contributed by atoms with van der Waals surface area (Å²) >= 11 is 1.71. The highest BCUT2D eigenvalue weighted by Crippen LogP contribution is 2.57. The summed E-state index contributed by atoms with van der Waals surface area (Å²) in [4.78, 5) is 46.1. The Labute approximate surface area is 248 Å². The molecule has 4 amide bonds. The quantitative estimate of drug-likeness (QED) is 0.502. The van der Waals surface area contributed by atoms with Gasteiger partial charge < -0.3 is 20.0 Å². The smallest absolute Gasteiger partial charge is 0.322 e. The van der Waals surface area contributed by atoms with E-state index in [4.69, 9.17) is 0 Å². The van der Waals surface area contributed by atoms with Crippen LogP contribution in [0.25, 0.3) is 0 Å². The third-order valence-corrected chi connectivity index (χ3v) is 11.0. The minimum atomic E-state index is -0.366. The topological polar surface area (TPSA) is 73.0 Å². The summed E-state index contributed by atoms with van der Waals surface area (Å²) in [7, 11) is 0. The number of amides is 4. The number of nitrogens with zero attached hydrogens (tertiary/aromatic N) is 3. The van der Waals surface area contributed by atoms with Crippen molar-refractivity contribution in [3.05, 3.63) is 65.2 Å². The lowest BCUT2D eigenvalue weighted by Crippen LogP contribution is -2.50. The van der Waals surface area contributed by atoms with Crippen molar-refractivity contribution in [2.24, 2.45) is 5.41 Å². The zero-order valence-electron chi connectivity index (χ0n) is 24.5. The summed E-state index contributed by atoms with van der Waals surface area (Å²) in [5.74, 6) is 0.168. The van der Waals surface area contributed by atoms with E-state index in [0.29, 0.717) is 26.2 Å². The standard InChI is InChI=1S/C33H42N4O3S/c1-32(2,3)17-21-37-30(39)28(41-33(37)16-12-23-8-4-6-10-26(23)33)22-29(38)35-18-14-25(15-19-35)36-20-13-24-9-5-7-11-27(24)34-31(36)40/h4-11,25,28H,12-22H2,1-3H3,(H,34,40). The van der Waals surface area contributed by atoms with Crippen LogP contribution in [0.5, 0.6) is 0 Å². The number of thioether (sulfide) groups is 1. The molecule has 1 aliphatic carbocycles. The van der Waals surface area contributed by atoms with Crippen LogP contribution in [0.1, 0.15) is 69.6 Å². The third kappa shape index (κ3) is 5.47. The number of aryl methyl sites for hydroxylation is 1. The van der Waals surface area contributed by atoms with Gasteiger partial charge in [-0.1, -0.05) is 63.2 Å². The van der Waals surface area contributed by atoms with Gasteiger partial charge in [0.1, 0.15) is 4.87 Å². The SMILES string of the molecule is CC(C)(C)CCN1C(=O)C(CC(=O)N2CCC(N3CCc4ccccc4NC3=O)CC2)SC12CCc1ccccc12. The maximum absolute atomic E-state index is 13.9. The summed E-state index contributed by atoms with van der Waals surface area (Å²) in [6.07, 6.45) is 5.38. The molecule has 0 bridgehead atoms. The van der Waals surface area contributed by atoms with E-state index in [1.165, 1.54) is 11.1 Å². The van der Waals surface area contributed by atoms with Gasteiger partial charge >= 0.3 is 6.03 Å². The molecule has 0 saturated carbocycles. The number of fused-ring (bicyclic) bond motifs is 3. The monoisotopic (exact) mass is 574 g/mol. The molecule has 3 heterocycles. The van der Waals surface area contributed by atoms with Gasteiger partial charge in [-0.2, -0.15) is 0 Å². The third-order valence-electron chi connectivity index (χ3n) is 9.33. The van der Waals surface area contributed by atoms with Crippen LogP contribution in [0, 0.1) is 5.41 Å². The van der Waals surface area contributed by atoms with Crippen molar-refractivity contribution >= 4 is 35.3 Å². The summed E-state index contributed by atoms with van der Waals surface area (Å²) in [5.41, 5.74) is 4.75. The average molecular weight is 575 g/mol. The van der Waals surface area contributed by atoms with Gasteiger partial charge in [-0.05, 0) is 66.7 Å². The Kier molecular flexibility index (Phi) is 7.55. The molecular weight excluding hydrogens is 532 g/mol. The highest BCUT2D eigenvalue weighted by Gasteiger charge is 2.55. The largest absolute Gasteiger partial charge is 0.342 e. The second-order valence-electron chi connectivity index (χ2n) is 13.2. The number of likely N-dealkylation sites (tertiary alicyclic amines) is 1. The zero-order chi connectivity index (χ0) is 28.8. The molecule has 1 N–H and O–H groups in total. The molecule has 41 heavy (non-hydrogen) atoms. The first-order chi connectivity index (χ1) is 19.6. The lowest BCUT2D eigenvalue weighted by atomic mass is 9.91. The normalized spacial score (nSPS) is 24.9. The number of piperidine rings is 1. The second-order valence-corrected chi connectivity index (χ2v) is 14.7. The summed E-state index contributed by atoms with van der Waals surface area (Å²) < 4.78 is 0. The molecule has 1 spiro atoms. The van der Waals surface area contributed by atoms with Gasteiger partial charge in [-0.15, -0.1) is 11.8 Å². The van der Waals surface area contributed by atoms with E-state index in [0.717, 1.165) is 49.8 Å². The maximum Gasteiger partial charge on any atom is 0.322 e. The van der Waals surface area contributed by atoms with Gasteiger partial charge in [0, 0.05) is 44.3 Å². The van der Waals surface area contributed by atoms with Crippen LogP contribution in [0.2, 0.25) is 0 Å². The predicted octanol–water partition coefficient (Wildman–Crippen LogP) is 5.64. The van der Waals surface area contributed by atoms with Crippen LogP contribution in [-0.2, 0) is 27.3 Å². The minimum absolute atomic E-state index is 0.0508. The van der Waals surface area contributed by atoms with E-state index >= 15 is 0 Å². The number of benzene rings is 2. The molecule has 0 aromatic heterocycles. The molecule has 7 nitrogen and oxygen atoms in total. The van der Waals surface area contributed by atoms with E-state index in [-0.39, 0.29) is 45.8 Å². The number of para-hydroxylation sites is 1. The molecule has 218 valence electrons. The molecule has 2 aromatic rings. The number of urea groups is 1. The highest BCUT2D eigenvalue weighted by atomic mass is 32.2. The van der Waals surface area contributed by atoms with Crippen LogP contribution in [0.15, 0.2) is 48.5 Å². The molecule has 6 rings (SSSR count). The first kappa shape index (κ1) is 28.1. The molecule has 0 radical (unpaired) electrons. The van der Waals surface area contributed by atoms with Gasteiger partial charge in [0.2, 0.25) is 11.8 Å². The molecular formula is C33H42N4O3S. The summed E-state index contributed by atoms with van der Waals surface area (Å²) in [5, 5.41) is 2.71. The van der Waals surface area contributed by atoms with Crippen molar-refractivity contribution in [3.63, 3.8) is 0 Å². The average Bonchev–Trinajstić information content (AvgIpc) is 3.38. The number of hydrogen-bond donors (Lipinski definition) is 1. The van der Waals surface area contributed by atoms with Crippen LogP contribution in [0.4, 0.5) is 10.5 Å². The fourth-order valence-corrected chi connectivity index (χ4v) is 8.76. The molecule has 2 saturated heterocycles.